The number of para-hydroxylation sites is 2. The molecular formula is C44H33NSi. The summed E-state index contributed by atoms with van der Waals surface area (Å²) in [5, 5.41) is 6.70. The Labute approximate surface area is 271 Å². The second-order valence-corrected chi connectivity index (χ2v) is 15.5. The molecule has 0 N–H and O–H groups in total. The Bertz CT molecular complexity index is 2120. The maximum Gasteiger partial charge on any atom is 0.172 e. The van der Waals surface area contributed by atoms with Crippen LogP contribution in [0.15, 0.2) is 194 Å². The van der Waals surface area contributed by atoms with Crippen LogP contribution < -0.4 is 15.6 Å². The van der Waals surface area contributed by atoms with Crippen molar-refractivity contribution < 1.29 is 0 Å². The molecule has 1 aromatic heterocycles. The molecule has 0 bridgehead atoms. The molecule has 0 atom stereocenters. The standard InChI is InChI=1S/C44H33NSi/c1-4-14-38(15-5-1)46(39-16-6-2-7-17-39,40-18-8-3-9-19-40)33-32-34-24-26-35(27-25-34)36-28-30-37(31-29-36)45-43-22-12-10-20-41(43)42-21-11-13-23-44(42)45/h1-33H. The zero-order chi connectivity index (χ0) is 30.8. The van der Waals surface area contributed by atoms with Crippen LogP contribution in [0.2, 0.25) is 0 Å². The normalized spacial score (nSPS) is 11.8. The molecule has 218 valence electrons. The first-order valence-corrected chi connectivity index (χ1v) is 17.9. The number of fused-ring (bicyclic) bond motifs is 3. The predicted octanol–water partition coefficient (Wildman–Crippen LogP) is 9.17. The Morgan fingerprint density at radius 1 is 0.370 bits per heavy atom. The van der Waals surface area contributed by atoms with Gasteiger partial charge in [0.1, 0.15) is 0 Å². The number of aromatic nitrogens is 1. The molecule has 0 aliphatic carbocycles. The number of nitrogens with zero attached hydrogens (tertiary/aromatic N) is 1. The fourth-order valence-corrected chi connectivity index (χ4v) is 11.1. The molecule has 46 heavy (non-hydrogen) atoms. The van der Waals surface area contributed by atoms with Crippen LogP contribution in [-0.2, 0) is 0 Å². The predicted molar refractivity (Wildman–Crippen MR) is 199 cm³/mol. The summed E-state index contributed by atoms with van der Waals surface area (Å²) in [7, 11) is -2.44. The van der Waals surface area contributed by atoms with Gasteiger partial charge in [-0.1, -0.05) is 176 Å². The SMILES string of the molecule is C(=C[Si](c1ccccc1)(c1ccccc1)c1ccccc1)c1ccc(-c2ccc(-n3c4ccccc4c4ccccc43)cc2)cc1. The van der Waals surface area contributed by atoms with E-state index in [2.05, 4.69) is 204 Å². The molecule has 0 saturated carbocycles. The number of hydrogen-bond acceptors (Lipinski definition) is 0. The minimum absolute atomic E-state index is 1.17. The van der Waals surface area contributed by atoms with Gasteiger partial charge in [0.15, 0.2) is 8.07 Å². The maximum absolute atomic E-state index is 2.50. The highest BCUT2D eigenvalue weighted by Crippen LogP contribution is 2.32. The Kier molecular flexibility index (Phi) is 7.26. The Morgan fingerprint density at radius 3 is 1.22 bits per heavy atom. The van der Waals surface area contributed by atoms with Crippen LogP contribution in [0.25, 0.3) is 44.7 Å². The topological polar surface area (TPSA) is 4.93 Å². The van der Waals surface area contributed by atoms with Crippen molar-refractivity contribution in [1.82, 2.24) is 4.57 Å². The van der Waals surface area contributed by atoms with Crippen LogP contribution in [0.1, 0.15) is 5.56 Å². The van der Waals surface area contributed by atoms with Crippen molar-refractivity contribution >= 4 is 51.5 Å². The first-order valence-electron chi connectivity index (χ1n) is 15.9. The van der Waals surface area contributed by atoms with Gasteiger partial charge in [-0.05, 0) is 56.5 Å². The van der Waals surface area contributed by atoms with E-state index in [1.165, 1.54) is 59.7 Å². The van der Waals surface area contributed by atoms with Crippen molar-refractivity contribution in [1.29, 1.82) is 0 Å². The van der Waals surface area contributed by atoms with Gasteiger partial charge in [0.25, 0.3) is 0 Å². The van der Waals surface area contributed by atoms with Gasteiger partial charge >= 0.3 is 0 Å². The molecule has 0 saturated heterocycles. The average molecular weight is 604 g/mol. The molecule has 0 aliphatic heterocycles. The first kappa shape index (κ1) is 27.8. The second kappa shape index (κ2) is 12.0. The molecule has 7 aromatic carbocycles. The molecule has 0 fully saturated rings. The van der Waals surface area contributed by atoms with Crippen molar-refractivity contribution in [2.45, 2.75) is 0 Å². The highest BCUT2D eigenvalue weighted by molar-refractivity contribution is 7.15. The molecule has 0 spiro atoms. The van der Waals surface area contributed by atoms with Crippen LogP contribution in [0.3, 0.4) is 0 Å². The lowest BCUT2D eigenvalue weighted by Gasteiger charge is -2.30. The van der Waals surface area contributed by atoms with E-state index in [1.54, 1.807) is 0 Å². The Morgan fingerprint density at radius 2 is 0.761 bits per heavy atom. The lowest BCUT2D eigenvalue weighted by atomic mass is 10.0. The summed E-state index contributed by atoms with van der Waals surface area (Å²) in [5.41, 5.74) is 9.76. The highest BCUT2D eigenvalue weighted by Gasteiger charge is 2.36. The third kappa shape index (κ3) is 4.90. The molecule has 0 amide bonds. The van der Waals surface area contributed by atoms with Crippen molar-refractivity contribution in [3.63, 3.8) is 0 Å². The summed E-state index contributed by atoms with van der Waals surface area (Å²) in [5.74, 6) is 0. The van der Waals surface area contributed by atoms with Gasteiger partial charge in [-0.25, -0.2) is 0 Å². The van der Waals surface area contributed by atoms with Crippen molar-refractivity contribution in [2.24, 2.45) is 0 Å². The summed E-state index contributed by atoms with van der Waals surface area (Å²) in [4.78, 5) is 0. The molecular weight excluding hydrogens is 571 g/mol. The average Bonchev–Trinajstić information content (AvgIpc) is 3.48. The summed E-state index contributed by atoms with van der Waals surface area (Å²) in [6.45, 7) is 0. The van der Waals surface area contributed by atoms with Crippen LogP contribution in [-0.4, -0.2) is 12.6 Å². The van der Waals surface area contributed by atoms with E-state index >= 15 is 0 Å². The molecule has 0 unspecified atom stereocenters. The fourth-order valence-electron chi connectivity index (χ4n) is 6.90. The van der Waals surface area contributed by atoms with E-state index in [0.717, 1.165) is 0 Å². The minimum atomic E-state index is -2.44. The molecule has 1 heterocycles. The third-order valence-corrected chi connectivity index (χ3v) is 13.6. The number of hydrogen-bond donors (Lipinski definition) is 0. The second-order valence-electron chi connectivity index (χ2n) is 11.8. The summed E-state index contributed by atoms with van der Waals surface area (Å²) >= 11 is 0. The van der Waals surface area contributed by atoms with Crippen LogP contribution in [0.4, 0.5) is 0 Å². The van der Waals surface area contributed by atoms with E-state index < -0.39 is 8.07 Å². The van der Waals surface area contributed by atoms with Gasteiger partial charge in [0.2, 0.25) is 0 Å². The lowest BCUT2D eigenvalue weighted by Crippen LogP contribution is -2.66. The Balaban J connectivity index is 1.14. The highest BCUT2D eigenvalue weighted by atomic mass is 28.3. The van der Waals surface area contributed by atoms with Gasteiger partial charge in [-0.15, -0.1) is 0 Å². The van der Waals surface area contributed by atoms with E-state index in [1.807, 2.05) is 0 Å². The van der Waals surface area contributed by atoms with Gasteiger partial charge < -0.3 is 4.57 Å². The number of rotatable bonds is 7. The zero-order valence-corrected chi connectivity index (χ0v) is 26.5. The van der Waals surface area contributed by atoms with Crippen molar-refractivity contribution in [3.8, 4) is 16.8 Å². The number of benzene rings is 7. The van der Waals surface area contributed by atoms with Gasteiger partial charge in [0.05, 0.1) is 11.0 Å². The Hall–Kier alpha value is -5.70. The molecule has 0 radical (unpaired) electrons. The van der Waals surface area contributed by atoms with E-state index in [4.69, 9.17) is 0 Å². The molecule has 1 nitrogen and oxygen atoms in total. The minimum Gasteiger partial charge on any atom is -0.309 e. The monoisotopic (exact) mass is 603 g/mol. The first-order chi connectivity index (χ1) is 22.8. The largest absolute Gasteiger partial charge is 0.309 e. The quantitative estimate of drug-likeness (QED) is 0.126. The van der Waals surface area contributed by atoms with Gasteiger partial charge in [0, 0.05) is 16.5 Å². The summed E-state index contributed by atoms with van der Waals surface area (Å²) < 4.78 is 2.37. The molecule has 8 aromatic rings. The zero-order valence-electron chi connectivity index (χ0n) is 25.5. The smallest absolute Gasteiger partial charge is 0.172 e. The van der Waals surface area contributed by atoms with Crippen molar-refractivity contribution in [2.75, 3.05) is 0 Å². The molecule has 2 heteroatoms. The van der Waals surface area contributed by atoms with Crippen molar-refractivity contribution in [3.05, 3.63) is 199 Å². The lowest BCUT2D eigenvalue weighted by molar-refractivity contribution is 1.18. The summed E-state index contributed by atoms with van der Waals surface area (Å²) in [6, 6.07) is 68.3. The molecule has 0 aliphatic rings. The van der Waals surface area contributed by atoms with Gasteiger partial charge in [-0.2, -0.15) is 0 Å². The van der Waals surface area contributed by atoms with Gasteiger partial charge in [-0.3, -0.25) is 0 Å². The van der Waals surface area contributed by atoms with E-state index in [9.17, 15) is 0 Å². The van der Waals surface area contributed by atoms with E-state index in [-0.39, 0.29) is 0 Å². The maximum atomic E-state index is 2.50. The van der Waals surface area contributed by atoms with Crippen LogP contribution >= 0.6 is 0 Å². The van der Waals surface area contributed by atoms with E-state index in [0.29, 0.717) is 0 Å². The third-order valence-electron chi connectivity index (χ3n) is 9.16. The van der Waals surface area contributed by atoms with Crippen LogP contribution in [0, 0.1) is 0 Å². The summed E-state index contributed by atoms with van der Waals surface area (Å²) in [6.07, 6.45) is 2.33. The molecule has 8 rings (SSSR count). The van der Waals surface area contributed by atoms with Crippen LogP contribution in [0.5, 0.6) is 0 Å². The fraction of sp³-hybridized carbons (Fsp3) is 0.